The lowest BCUT2D eigenvalue weighted by atomic mass is 10.1. The van der Waals surface area contributed by atoms with Crippen molar-refractivity contribution in [3.05, 3.63) is 29.8 Å². The second kappa shape index (κ2) is 5.67. The number of rotatable bonds is 3. The Morgan fingerprint density at radius 1 is 1.59 bits per heavy atom. The number of hydrogen-bond donors (Lipinski definition) is 1. The summed E-state index contributed by atoms with van der Waals surface area (Å²) in [5, 5.41) is 12.0. The SMILES string of the molecule is CNCC1CN(c2cccc(C#N)c2)CCO1. The van der Waals surface area contributed by atoms with E-state index in [1.165, 1.54) is 0 Å². The summed E-state index contributed by atoms with van der Waals surface area (Å²) in [7, 11) is 1.93. The molecule has 1 saturated heterocycles. The first kappa shape index (κ1) is 11.9. The van der Waals surface area contributed by atoms with Crippen molar-refractivity contribution < 1.29 is 4.74 Å². The molecule has 1 N–H and O–H groups in total. The third kappa shape index (κ3) is 2.96. The Morgan fingerprint density at radius 2 is 2.47 bits per heavy atom. The van der Waals surface area contributed by atoms with Crippen molar-refractivity contribution in [2.75, 3.05) is 38.2 Å². The van der Waals surface area contributed by atoms with Crippen LogP contribution in [-0.4, -0.2) is 39.4 Å². The van der Waals surface area contributed by atoms with E-state index >= 15 is 0 Å². The van der Waals surface area contributed by atoms with E-state index in [9.17, 15) is 0 Å². The molecule has 90 valence electrons. The highest BCUT2D eigenvalue weighted by atomic mass is 16.5. The summed E-state index contributed by atoms with van der Waals surface area (Å²) in [6.07, 6.45) is 0.222. The largest absolute Gasteiger partial charge is 0.373 e. The van der Waals surface area contributed by atoms with Crippen molar-refractivity contribution in [1.29, 1.82) is 5.26 Å². The molecule has 0 aliphatic carbocycles. The van der Waals surface area contributed by atoms with Gasteiger partial charge in [-0.25, -0.2) is 0 Å². The van der Waals surface area contributed by atoms with Gasteiger partial charge in [0.15, 0.2) is 0 Å². The Labute approximate surface area is 102 Å². The van der Waals surface area contributed by atoms with E-state index < -0.39 is 0 Å². The van der Waals surface area contributed by atoms with E-state index in [0.29, 0.717) is 5.56 Å². The maximum absolute atomic E-state index is 8.89. The standard InChI is InChI=1S/C13H17N3O/c1-15-9-13-10-16(5-6-17-13)12-4-2-3-11(7-12)8-14/h2-4,7,13,15H,5-6,9-10H2,1H3. The summed E-state index contributed by atoms with van der Waals surface area (Å²) >= 11 is 0. The van der Waals surface area contributed by atoms with E-state index in [-0.39, 0.29) is 6.10 Å². The topological polar surface area (TPSA) is 48.3 Å². The predicted molar refractivity (Wildman–Crippen MR) is 67.0 cm³/mol. The Morgan fingerprint density at radius 3 is 3.24 bits per heavy atom. The van der Waals surface area contributed by atoms with Crippen LogP contribution >= 0.6 is 0 Å². The van der Waals surface area contributed by atoms with Crippen molar-refractivity contribution in [3.8, 4) is 6.07 Å². The molecule has 0 amide bonds. The van der Waals surface area contributed by atoms with Crippen LogP contribution in [0.5, 0.6) is 0 Å². The van der Waals surface area contributed by atoms with Crippen LogP contribution in [0.2, 0.25) is 0 Å². The van der Waals surface area contributed by atoms with Crippen LogP contribution < -0.4 is 10.2 Å². The summed E-state index contributed by atoms with van der Waals surface area (Å²) in [6, 6.07) is 9.90. The molecule has 4 nitrogen and oxygen atoms in total. The lowest BCUT2D eigenvalue weighted by molar-refractivity contribution is 0.0422. The molecule has 0 radical (unpaired) electrons. The highest BCUT2D eigenvalue weighted by Crippen LogP contribution is 2.18. The zero-order valence-corrected chi connectivity index (χ0v) is 10.0. The molecular weight excluding hydrogens is 214 g/mol. The molecule has 1 aromatic rings. The molecule has 1 heterocycles. The summed E-state index contributed by atoms with van der Waals surface area (Å²) in [5.74, 6) is 0. The quantitative estimate of drug-likeness (QED) is 0.842. The van der Waals surface area contributed by atoms with Crippen LogP contribution in [0.3, 0.4) is 0 Å². The molecule has 0 saturated carbocycles. The van der Waals surface area contributed by atoms with Crippen molar-refractivity contribution in [2.24, 2.45) is 0 Å². The van der Waals surface area contributed by atoms with Crippen molar-refractivity contribution in [2.45, 2.75) is 6.10 Å². The van der Waals surface area contributed by atoms with E-state index in [4.69, 9.17) is 10.00 Å². The number of morpholine rings is 1. The Balaban J connectivity index is 2.08. The van der Waals surface area contributed by atoms with Gasteiger partial charge in [-0.15, -0.1) is 0 Å². The fourth-order valence-corrected chi connectivity index (χ4v) is 2.08. The fraction of sp³-hybridized carbons (Fsp3) is 0.462. The molecule has 1 atom stereocenters. The fourth-order valence-electron chi connectivity index (χ4n) is 2.08. The monoisotopic (exact) mass is 231 g/mol. The molecule has 0 aromatic heterocycles. The highest BCUT2D eigenvalue weighted by Gasteiger charge is 2.20. The van der Waals surface area contributed by atoms with Gasteiger partial charge >= 0.3 is 0 Å². The highest BCUT2D eigenvalue weighted by molar-refractivity contribution is 5.51. The van der Waals surface area contributed by atoms with Gasteiger partial charge in [-0.05, 0) is 25.2 Å². The van der Waals surface area contributed by atoms with Crippen LogP contribution in [-0.2, 0) is 4.74 Å². The van der Waals surface area contributed by atoms with Crippen molar-refractivity contribution in [1.82, 2.24) is 5.32 Å². The Hall–Kier alpha value is -1.57. The molecule has 1 aromatic carbocycles. The minimum Gasteiger partial charge on any atom is -0.373 e. The van der Waals surface area contributed by atoms with Gasteiger partial charge in [0.1, 0.15) is 0 Å². The number of anilines is 1. The van der Waals surface area contributed by atoms with Crippen LogP contribution in [0, 0.1) is 11.3 Å². The molecule has 2 rings (SSSR count). The van der Waals surface area contributed by atoms with Gasteiger partial charge in [0, 0.05) is 25.3 Å². The molecule has 1 fully saturated rings. The van der Waals surface area contributed by atoms with Gasteiger partial charge in [0.25, 0.3) is 0 Å². The number of hydrogen-bond acceptors (Lipinski definition) is 4. The number of benzene rings is 1. The zero-order valence-electron chi connectivity index (χ0n) is 10.0. The predicted octanol–water partition coefficient (Wildman–Crippen LogP) is 0.983. The first-order valence-corrected chi connectivity index (χ1v) is 5.85. The van der Waals surface area contributed by atoms with Gasteiger partial charge in [0.05, 0.1) is 24.3 Å². The van der Waals surface area contributed by atoms with Gasteiger partial charge in [-0.2, -0.15) is 5.26 Å². The van der Waals surface area contributed by atoms with E-state index in [1.54, 1.807) is 0 Å². The molecular formula is C13H17N3O. The third-order valence-corrected chi connectivity index (χ3v) is 2.91. The average molecular weight is 231 g/mol. The maximum atomic E-state index is 8.89. The molecule has 1 unspecified atom stereocenters. The summed E-state index contributed by atoms with van der Waals surface area (Å²) in [6.45, 7) is 3.35. The smallest absolute Gasteiger partial charge is 0.0992 e. The van der Waals surface area contributed by atoms with Crippen molar-refractivity contribution in [3.63, 3.8) is 0 Å². The summed E-state index contributed by atoms with van der Waals surface area (Å²) in [4.78, 5) is 2.27. The van der Waals surface area contributed by atoms with Gasteiger partial charge < -0.3 is 15.0 Å². The molecule has 17 heavy (non-hydrogen) atoms. The number of nitrogens with zero attached hydrogens (tertiary/aromatic N) is 2. The van der Waals surface area contributed by atoms with Crippen molar-refractivity contribution >= 4 is 5.69 Å². The first-order valence-electron chi connectivity index (χ1n) is 5.85. The number of nitrogens with one attached hydrogen (secondary N) is 1. The summed E-state index contributed by atoms with van der Waals surface area (Å²) < 4.78 is 5.66. The molecule has 1 aliphatic rings. The lowest BCUT2D eigenvalue weighted by Gasteiger charge is -2.34. The first-order chi connectivity index (χ1) is 8.33. The molecule has 0 bridgehead atoms. The van der Waals surface area contributed by atoms with Crippen LogP contribution in [0.1, 0.15) is 5.56 Å². The van der Waals surface area contributed by atoms with Crippen LogP contribution in [0.4, 0.5) is 5.69 Å². The molecule has 4 heteroatoms. The minimum absolute atomic E-state index is 0.222. The normalized spacial score (nSPS) is 20.0. The number of nitriles is 1. The van der Waals surface area contributed by atoms with E-state index in [1.807, 2.05) is 31.3 Å². The third-order valence-electron chi connectivity index (χ3n) is 2.91. The van der Waals surface area contributed by atoms with Crippen LogP contribution in [0.15, 0.2) is 24.3 Å². The Bertz CT molecular complexity index is 411. The lowest BCUT2D eigenvalue weighted by Crippen LogP contribution is -2.46. The Kier molecular flexibility index (Phi) is 3.97. The van der Waals surface area contributed by atoms with Gasteiger partial charge in [-0.1, -0.05) is 6.07 Å². The van der Waals surface area contributed by atoms with E-state index in [2.05, 4.69) is 16.3 Å². The molecule has 0 spiro atoms. The summed E-state index contributed by atoms with van der Waals surface area (Å²) in [5.41, 5.74) is 1.81. The van der Waals surface area contributed by atoms with E-state index in [0.717, 1.165) is 31.9 Å². The second-order valence-electron chi connectivity index (χ2n) is 4.16. The maximum Gasteiger partial charge on any atom is 0.0992 e. The molecule has 1 aliphatic heterocycles. The zero-order chi connectivity index (χ0) is 12.1. The number of likely N-dealkylation sites (N-methyl/N-ethyl adjacent to an activating group) is 1. The van der Waals surface area contributed by atoms with Gasteiger partial charge in [-0.3, -0.25) is 0 Å². The number of ether oxygens (including phenoxy) is 1. The minimum atomic E-state index is 0.222. The second-order valence-corrected chi connectivity index (χ2v) is 4.16. The van der Waals surface area contributed by atoms with Crippen LogP contribution in [0.25, 0.3) is 0 Å². The van der Waals surface area contributed by atoms with Gasteiger partial charge in [0.2, 0.25) is 0 Å². The average Bonchev–Trinajstić information content (AvgIpc) is 2.40.